The Morgan fingerprint density at radius 2 is 1.81 bits per heavy atom. The lowest BCUT2D eigenvalue weighted by atomic mass is 10.1. The normalized spacial score (nSPS) is 19.5. The van der Waals surface area contributed by atoms with E-state index >= 15 is 0 Å². The van der Waals surface area contributed by atoms with E-state index in [4.69, 9.17) is 14.2 Å². The van der Waals surface area contributed by atoms with Crippen LogP contribution in [0.1, 0.15) is 44.2 Å². The van der Waals surface area contributed by atoms with Gasteiger partial charge < -0.3 is 19.1 Å². The molecule has 7 nitrogen and oxygen atoms in total. The van der Waals surface area contributed by atoms with Crippen molar-refractivity contribution in [2.75, 3.05) is 32.8 Å². The van der Waals surface area contributed by atoms with E-state index in [0.717, 1.165) is 11.6 Å². The van der Waals surface area contributed by atoms with Crippen molar-refractivity contribution in [3.63, 3.8) is 0 Å². The van der Waals surface area contributed by atoms with Crippen LogP contribution >= 0.6 is 0 Å². The summed E-state index contributed by atoms with van der Waals surface area (Å²) in [4.78, 5) is 29.1. The largest absolute Gasteiger partial charge is 0.486 e. The Kier molecular flexibility index (Phi) is 7.78. The Hall–Kier alpha value is -3.20. The first-order valence-corrected chi connectivity index (χ1v) is 12.1. The van der Waals surface area contributed by atoms with Crippen LogP contribution in [0.5, 0.6) is 5.75 Å². The maximum absolute atomic E-state index is 14.8. The molecule has 1 saturated heterocycles. The average molecular weight is 503 g/mol. The lowest BCUT2D eigenvalue weighted by molar-refractivity contribution is -0.136. The molecule has 2 atom stereocenters. The van der Waals surface area contributed by atoms with Gasteiger partial charge in [0.1, 0.15) is 24.6 Å². The van der Waals surface area contributed by atoms with E-state index in [9.17, 15) is 18.4 Å². The molecule has 0 unspecified atom stereocenters. The number of nitrogens with zero attached hydrogens (tertiary/aromatic N) is 2. The summed E-state index contributed by atoms with van der Waals surface area (Å²) in [5.74, 6) is -2.20. The molecule has 1 saturated carbocycles. The molecule has 2 aliphatic rings. The minimum absolute atomic E-state index is 0.0450. The van der Waals surface area contributed by atoms with E-state index in [2.05, 4.69) is 0 Å². The molecule has 1 heterocycles. The van der Waals surface area contributed by atoms with Gasteiger partial charge in [-0.15, -0.1) is 0 Å². The summed E-state index contributed by atoms with van der Waals surface area (Å²) in [7, 11) is 0. The molecule has 0 aromatic heterocycles. The number of rotatable bonds is 7. The summed E-state index contributed by atoms with van der Waals surface area (Å²) >= 11 is 0. The highest BCUT2D eigenvalue weighted by Gasteiger charge is 2.48. The van der Waals surface area contributed by atoms with Crippen molar-refractivity contribution >= 4 is 12.0 Å². The molecule has 0 N–H and O–H groups in total. The lowest BCUT2D eigenvalue weighted by Gasteiger charge is -2.31. The fourth-order valence-corrected chi connectivity index (χ4v) is 4.29. The predicted molar refractivity (Wildman–Crippen MR) is 129 cm³/mol. The van der Waals surface area contributed by atoms with E-state index < -0.39 is 35.3 Å². The standard InChI is InChI=1S/C27H32F2N2O5/c1-27(2,3)36-26(33)31(16-24(32)30-9-11-34-12-10-30)23-15-20(23)21-13-19(28)14-22(29)25(21)35-17-18-7-5-4-6-8-18/h4-8,13-14,20,23H,9-12,15-17H2,1-3H3/t20-,23+/m0/s1. The molecule has 194 valence electrons. The summed E-state index contributed by atoms with van der Waals surface area (Å²) in [5.41, 5.74) is 0.406. The third-order valence-electron chi connectivity index (χ3n) is 6.12. The number of halogens is 2. The van der Waals surface area contributed by atoms with Crippen molar-refractivity contribution in [3.8, 4) is 5.75 Å². The highest BCUT2D eigenvalue weighted by atomic mass is 19.1. The molecule has 0 bridgehead atoms. The lowest BCUT2D eigenvalue weighted by Crippen LogP contribution is -2.49. The molecule has 0 spiro atoms. The highest BCUT2D eigenvalue weighted by molar-refractivity contribution is 5.83. The SMILES string of the molecule is CC(C)(C)OC(=O)N(CC(=O)N1CCOCC1)[C@@H]1C[C@H]1c1cc(F)cc(F)c1OCc1ccccc1. The van der Waals surface area contributed by atoms with Gasteiger partial charge in [-0.3, -0.25) is 9.69 Å². The van der Waals surface area contributed by atoms with Gasteiger partial charge in [0.2, 0.25) is 5.91 Å². The predicted octanol–water partition coefficient (Wildman–Crippen LogP) is 4.50. The van der Waals surface area contributed by atoms with Gasteiger partial charge in [-0.2, -0.15) is 0 Å². The number of carbonyl (C=O) groups excluding carboxylic acids is 2. The van der Waals surface area contributed by atoms with Gasteiger partial charge in [0, 0.05) is 36.7 Å². The Balaban J connectivity index is 1.55. The van der Waals surface area contributed by atoms with E-state index in [-0.39, 0.29) is 24.8 Å². The van der Waals surface area contributed by atoms with E-state index in [1.807, 2.05) is 30.3 Å². The van der Waals surface area contributed by atoms with Crippen LogP contribution in [0.4, 0.5) is 13.6 Å². The third-order valence-corrected chi connectivity index (χ3v) is 6.12. The van der Waals surface area contributed by atoms with Crippen LogP contribution in [-0.2, 0) is 20.9 Å². The summed E-state index contributed by atoms with van der Waals surface area (Å²) in [6.07, 6.45) is -0.208. The first-order chi connectivity index (χ1) is 17.1. The molecule has 36 heavy (non-hydrogen) atoms. The number of morpholine rings is 1. The van der Waals surface area contributed by atoms with Crippen molar-refractivity contribution in [1.82, 2.24) is 9.80 Å². The molecule has 2 amide bonds. The van der Waals surface area contributed by atoms with Gasteiger partial charge in [-0.05, 0) is 38.8 Å². The molecule has 2 aromatic carbocycles. The third kappa shape index (κ3) is 6.51. The van der Waals surface area contributed by atoms with Crippen LogP contribution in [0.25, 0.3) is 0 Å². The molecule has 4 rings (SSSR count). The molecule has 0 radical (unpaired) electrons. The van der Waals surface area contributed by atoms with E-state index in [1.165, 1.54) is 11.0 Å². The Morgan fingerprint density at radius 3 is 2.47 bits per heavy atom. The molecule has 2 fully saturated rings. The molecular formula is C27H32F2N2O5. The minimum Gasteiger partial charge on any atom is -0.486 e. The Morgan fingerprint density at radius 1 is 1.11 bits per heavy atom. The second-order valence-corrected chi connectivity index (χ2v) is 10.1. The summed E-state index contributed by atoms with van der Waals surface area (Å²) < 4.78 is 45.7. The van der Waals surface area contributed by atoms with Crippen LogP contribution in [0, 0.1) is 11.6 Å². The molecule has 9 heteroatoms. The quantitative estimate of drug-likeness (QED) is 0.558. The number of carbonyl (C=O) groups is 2. The van der Waals surface area contributed by atoms with Crippen molar-refractivity contribution < 1.29 is 32.6 Å². The van der Waals surface area contributed by atoms with E-state index in [0.29, 0.717) is 38.3 Å². The topological polar surface area (TPSA) is 68.3 Å². The zero-order chi connectivity index (χ0) is 25.9. The Bertz CT molecular complexity index is 1080. The maximum atomic E-state index is 14.8. The van der Waals surface area contributed by atoms with Crippen LogP contribution < -0.4 is 4.74 Å². The minimum atomic E-state index is -0.806. The second kappa shape index (κ2) is 10.8. The van der Waals surface area contributed by atoms with Crippen molar-refractivity contribution in [2.45, 2.75) is 51.4 Å². The molecule has 2 aromatic rings. The number of amides is 2. The number of benzene rings is 2. The zero-order valence-corrected chi connectivity index (χ0v) is 20.8. The fraction of sp³-hybridized carbons (Fsp3) is 0.481. The number of hydrogen-bond donors (Lipinski definition) is 0. The highest BCUT2D eigenvalue weighted by Crippen LogP contribution is 2.49. The number of hydrogen-bond acceptors (Lipinski definition) is 5. The molecule has 1 aliphatic carbocycles. The van der Waals surface area contributed by atoms with E-state index in [1.54, 1.807) is 25.7 Å². The van der Waals surface area contributed by atoms with Gasteiger partial charge in [-0.25, -0.2) is 13.6 Å². The monoisotopic (exact) mass is 502 g/mol. The zero-order valence-electron chi connectivity index (χ0n) is 20.8. The first-order valence-electron chi connectivity index (χ1n) is 12.1. The average Bonchev–Trinajstić information content (AvgIpc) is 3.62. The molecular weight excluding hydrogens is 470 g/mol. The van der Waals surface area contributed by atoms with Gasteiger partial charge in [0.05, 0.1) is 13.2 Å². The number of ether oxygens (including phenoxy) is 3. The summed E-state index contributed by atoms with van der Waals surface area (Å²) in [6, 6.07) is 10.8. The second-order valence-electron chi connectivity index (χ2n) is 10.1. The summed E-state index contributed by atoms with van der Waals surface area (Å²) in [6.45, 7) is 6.93. The smallest absolute Gasteiger partial charge is 0.411 e. The summed E-state index contributed by atoms with van der Waals surface area (Å²) in [5, 5.41) is 0. The fourth-order valence-electron chi connectivity index (χ4n) is 4.29. The van der Waals surface area contributed by atoms with Gasteiger partial charge in [0.25, 0.3) is 0 Å². The van der Waals surface area contributed by atoms with Gasteiger partial charge in [0.15, 0.2) is 11.6 Å². The van der Waals surface area contributed by atoms with Crippen LogP contribution in [-0.4, -0.2) is 66.3 Å². The first kappa shape index (κ1) is 25.9. The molecule has 1 aliphatic heterocycles. The van der Waals surface area contributed by atoms with Crippen LogP contribution in [0.15, 0.2) is 42.5 Å². The van der Waals surface area contributed by atoms with Gasteiger partial charge in [-0.1, -0.05) is 30.3 Å². The van der Waals surface area contributed by atoms with Crippen molar-refractivity contribution in [2.24, 2.45) is 0 Å². The Labute approximate surface area is 209 Å². The van der Waals surface area contributed by atoms with Crippen LogP contribution in [0.2, 0.25) is 0 Å². The van der Waals surface area contributed by atoms with Crippen molar-refractivity contribution in [1.29, 1.82) is 0 Å². The van der Waals surface area contributed by atoms with Crippen molar-refractivity contribution in [3.05, 3.63) is 65.2 Å². The van der Waals surface area contributed by atoms with Crippen LogP contribution in [0.3, 0.4) is 0 Å². The van der Waals surface area contributed by atoms with Gasteiger partial charge >= 0.3 is 6.09 Å². The maximum Gasteiger partial charge on any atom is 0.411 e.